The first kappa shape index (κ1) is 34.9. The van der Waals surface area contributed by atoms with E-state index < -0.39 is 23.4 Å². The number of amidine groups is 1. The maximum Gasteiger partial charge on any atom is 0.248 e. The monoisotopic (exact) mass is 728 g/mol. The second kappa shape index (κ2) is 13.2. The summed E-state index contributed by atoms with van der Waals surface area (Å²) in [6.07, 6.45) is 5.51. The van der Waals surface area contributed by atoms with Gasteiger partial charge in [0, 0.05) is 55.2 Å². The Morgan fingerprint density at radius 2 is 1.92 bits per heavy atom. The van der Waals surface area contributed by atoms with E-state index in [1.54, 1.807) is 24.4 Å². The van der Waals surface area contributed by atoms with E-state index in [0.29, 0.717) is 53.5 Å². The highest BCUT2D eigenvalue weighted by Gasteiger charge is 2.56. The van der Waals surface area contributed by atoms with E-state index in [1.807, 2.05) is 31.7 Å². The quantitative estimate of drug-likeness (QED) is 0.254. The van der Waals surface area contributed by atoms with Gasteiger partial charge in [-0.25, -0.2) is 14.4 Å². The second-order valence-electron chi connectivity index (χ2n) is 14.5. The van der Waals surface area contributed by atoms with Crippen molar-refractivity contribution in [3.05, 3.63) is 74.3 Å². The number of ketones is 1. The van der Waals surface area contributed by atoms with Crippen LogP contribution in [0.25, 0.3) is 0 Å². The lowest BCUT2D eigenvalue weighted by Gasteiger charge is -2.44. The number of aliphatic imine (C=N–C) groups is 1. The molecule has 3 fully saturated rings. The van der Waals surface area contributed by atoms with Gasteiger partial charge in [-0.1, -0.05) is 49.2 Å². The number of hydrogen-bond donors (Lipinski definition) is 1. The lowest BCUT2D eigenvalue weighted by atomic mass is 9.81. The molecule has 262 valence electrons. The molecule has 1 amide bonds. The van der Waals surface area contributed by atoms with Crippen LogP contribution >= 0.6 is 35.0 Å². The number of aliphatic hydroxyl groups is 1. The van der Waals surface area contributed by atoms with Crippen LogP contribution in [0.5, 0.6) is 0 Å². The largest absolute Gasteiger partial charge is 0.395 e. The van der Waals surface area contributed by atoms with Crippen molar-refractivity contribution in [2.45, 2.75) is 82.6 Å². The molecule has 0 bridgehead atoms. The van der Waals surface area contributed by atoms with Gasteiger partial charge in [-0.3, -0.25) is 19.4 Å². The highest BCUT2D eigenvalue weighted by Crippen LogP contribution is 2.56. The molecule has 49 heavy (non-hydrogen) atoms. The third-order valence-corrected chi connectivity index (χ3v) is 12.7. The Hall–Kier alpha value is -2.54. The number of rotatable bonds is 9. The van der Waals surface area contributed by atoms with Crippen LogP contribution in [0.3, 0.4) is 0 Å². The second-order valence-corrected chi connectivity index (χ2v) is 16.3. The number of nitrogens with zero attached hydrogens (tertiary/aromatic N) is 6. The number of pyridine rings is 1. The maximum atomic E-state index is 15.1. The van der Waals surface area contributed by atoms with Crippen LogP contribution in [0, 0.1) is 11.7 Å². The molecular weight excluding hydrogens is 686 g/mol. The zero-order valence-corrected chi connectivity index (χ0v) is 30.7. The fraction of sp³-hybridized carbons (Fsp3) is 0.556. The first-order valence-corrected chi connectivity index (χ1v) is 18.8. The minimum absolute atomic E-state index is 0.0234. The SMILES string of the molecule is CC(C)C1=C(C(=O)C(C(=O)N2CCN(CCO)C3(CC3)C2)N2CCC[C@H]2C)SC2=N[C@@](C)(c3ccc(Cl)nc3)[C@@H](c3ccc(Cl)c(F)c3)N21. The van der Waals surface area contributed by atoms with Gasteiger partial charge in [-0.15, -0.1) is 0 Å². The molecule has 4 atom stereocenters. The smallest absolute Gasteiger partial charge is 0.248 e. The van der Waals surface area contributed by atoms with Gasteiger partial charge in [0.1, 0.15) is 16.5 Å². The van der Waals surface area contributed by atoms with Crippen LogP contribution in [0.1, 0.15) is 70.5 Å². The summed E-state index contributed by atoms with van der Waals surface area (Å²) in [6.45, 7) is 11.3. The summed E-state index contributed by atoms with van der Waals surface area (Å²) in [5, 5.41) is 10.6. The highest BCUT2D eigenvalue weighted by atomic mass is 35.5. The molecule has 9 nitrogen and oxygen atoms in total. The van der Waals surface area contributed by atoms with Crippen LogP contribution in [0.15, 0.2) is 52.1 Å². The van der Waals surface area contributed by atoms with Crippen molar-refractivity contribution < 1.29 is 19.1 Å². The number of aliphatic hydroxyl groups excluding tert-OH is 1. The van der Waals surface area contributed by atoms with Crippen molar-refractivity contribution in [1.82, 2.24) is 24.6 Å². The Kier molecular flexibility index (Phi) is 9.41. The van der Waals surface area contributed by atoms with Gasteiger partial charge >= 0.3 is 0 Å². The van der Waals surface area contributed by atoms with E-state index in [1.165, 1.54) is 17.8 Å². The molecule has 1 N–H and O–H groups in total. The molecule has 5 aliphatic rings. The average molecular weight is 730 g/mol. The molecule has 1 aromatic heterocycles. The van der Waals surface area contributed by atoms with Crippen LogP contribution in [0.4, 0.5) is 4.39 Å². The molecule has 4 aliphatic heterocycles. The fourth-order valence-electron chi connectivity index (χ4n) is 8.34. The number of thioether (sulfide) groups is 1. The normalized spacial score (nSPS) is 27.3. The Labute approximate surface area is 301 Å². The average Bonchev–Trinajstić information content (AvgIpc) is 3.39. The number of fused-ring (bicyclic) bond motifs is 1. The standard InChI is InChI=1S/C36H43Cl2FN6O3S/c1-21(2)28-31(30(47)29(44-13-5-6-22(44)3)33(48)42-14-15-43(16-17-46)36(20-42)11-12-36)49-34-41-35(4,24-8-10-27(38)40-19-24)32(45(28)34)23-7-9-25(37)26(39)18-23/h7-10,18-19,21-22,29,32,46H,5-6,11-17,20H2,1-4H3/t22-,29?,32-,35+/m1/s1. The van der Waals surface area contributed by atoms with Crippen molar-refractivity contribution in [3.8, 4) is 0 Å². The number of β-amino-alcohol motifs (C(OH)–C–C–N with tert-alkyl or cyclic N) is 1. The van der Waals surface area contributed by atoms with Crippen LogP contribution < -0.4 is 0 Å². The first-order chi connectivity index (χ1) is 23.4. The van der Waals surface area contributed by atoms with Gasteiger partial charge in [0.15, 0.2) is 17.0 Å². The predicted molar refractivity (Wildman–Crippen MR) is 191 cm³/mol. The molecule has 2 aromatic rings. The number of piperazine rings is 1. The lowest BCUT2D eigenvalue weighted by molar-refractivity contribution is -0.145. The van der Waals surface area contributed by atoms with Crippen LogP contribution in [-0.2, 0) is 15.1 Å². The number of amides is 1. The number of likely N-dealkylation sites (tertiary alicyclic amines) is 1. The van der Waals surface area contributed by atoms with Gasteiger partial charge < -0.3 is 14.9 Å². The number of carbonyl (C=O) groups is 2. The zero-order valence-electron chi connectivity index (χ0n) is 28.3. The number of hydrogen-bond acceptors (Lipinski definition) is 9. The summed E-state index contributed by atoms with van der Waals surface area (Å²) >= 11 is 13.6. The summed E-state index contributed by atoms with van der Waals surface area (Å²) < 4.78 is 15.1. The van der Waals surface area contributed by atoms with E-state index in [0.717, 1.165) is 36.9 Å². The van der Waals surface area contributed by atoms with Crippen molar-refractivity contribution in [2.75, 3.05) is 39.3 Å². The number of halogens is 3. The molecule has 1 saturated carbocycles. The van der Waals surface area contributed by atoms with Gasteiger partial charge in [0.05, 0.1) is 22.6 Å². The fourth-order valence-corrected chi connectivity index (χ4v) is 9.94. The van der Waals surface area contributed by atoms with E-state index in [4.69, 9.17) is 28.2 Å². The molecule has 1 aliphatic carbocycles. The van der Waals surface area contributed by atoms with Gasteiger partial charge in [-0.2, -0.15) is 0 Å². The lowest BCUT2D eigenvalue weighted by Crippen LogP contribution is -2.62. The number of aromatic nitrogens is 1. The highest BCUT2D eigenvalue weighted by molar-refractivity contribution is 8.18. The third-order valence-electron chi connectivity index (χ3n) is 11.1. The van der Waals surface area contributed by atoms with Crippen molar-refractivity contribution in [2.24, 2.45) is 10.9 Å². The molecule has 1 spiro atoms. The van der Waals surface area contributed by atoms with Gasteiger partial charge in [-0.05, 0) is 87.5 Å². The molecule has 0 radical (unpaired) electrons. The minimum Gasteiger partial charge on any atom is -0.395 e. The minimum atomic E-state index is -0.951. The molecular formula is C36H43Cl2FN6O3S. The number of carbonyl (C=O) groups excluding carboxylic acids is 2. The Bertz CT molecular complexity index is 1720. The molecule has 7 rings (SSSR count). The van der Waals surface area contributed by atoms with Crippen molar-refractivity contribution >= 4 is 51.8 Å². The number of allylic oxidation sites excluding steroid dienone is 1. The molecule has 1 unspecified atom stereocenters. The van der Waals surface area contributed by atoms with E-state index in [9.17, 15) is 9.90 Å². The van der Waals surface area contributed by atoms with Gasteiger partial charge in [0.2, 0.25) is 5.91 Å². The van der Waals surface area contributed by atoms with Crippen molar-refractivity contribution in [1.29, 1.82) is 0 Å². The maximum absolute atomic E-state index is 15.1. The first-order valence-electron chi connectivity index (χ1n) is 17.2. The summed E-state index contributed by atoms with van der Waals surface area (Å²) in [6, 6.07) is 7.01. The summed E-state index contributed by atoms with van der Waals surface area (Å²) in [5.41, 5.74) is 1.22. The van der Waals surface area contributed by atoms with Crippen LogP contribution in [0.2, 0.25) is 10.2 Å². The summed E-state index contributed by atoms with van der Waals surface area (Å²) in [5.74, 6) is -1.01. The Balaban J connectivity index is 1.29. The molecule has 1 aromatic carbocycles. The zero-order chi connectivity index (χ0) is 34.8. The van der Waals surface area contributed by atoms with Crippen molar-refractivity contribution in [3.63, 3.8) is 0 Å². The predicted octanol–water partition coefficient (Wildman–Crippen LogP) is 5.86. The Morgan fingerprint density at radius 1 is 1.14 bits per heavy atom. The molecule has 5 heterocycles. The number of benzene rings is 1. The third kappa shape index (κ3) is 6.02. The molecule has 2 saturated heterocycles. The van der Waals surface area contributed by atoms with E-state index in [-0.39, 0.29) is 40.8 Å². The van der Waals surface area contributed by atoms with E-state index in [2.05, 4.69) is 26.6 Å². The Morgan fingerprint density at radius 3 is 2.53 bits per heavy atom. The topological polar surface area (TPSA) is 92.6 Å². The van der Waals surface area contributed by atoms with Gasteiger partial charge in [0.25, 0.3) is 0 Å². The van der Waals surface area contributed by atoms with E-state index >= 15 is 9.18 Å². The summed E-state index contributed by atoms with van der Waals surface area (Å²) in [7, 11) is 0. The number of Topliss-reactive ketones (excluding diaryl/α,β-unsaturated/α-hetero) is 1. The summed E-state index contributed by atoms with van der Waals surface area (Å²) in [4.78, 5) is 48.2. The van der Waals surface area contributed by atoms with Crippen LogP contribution in [-0.4, -0.2) is 104 Å². The molecule has 13 heteroatoms.